The predicted molar refractivity (Wildman–Crippen MR) is 47.5 cm³/mol. The summed E-state index contributed by atoms with van der Waals surface area (Å²) in [5.41, 5.74) is 0.436. The van der Waals surface area contributed by atoms with Crippen molar-refractivity contribution in [2.24, 2.45) is 0 Å². The minimum Gasteiger partial charge on any atom is -0.458 e. The summed E-state index contributed by atoms with van der Waals surface area (Å²) in [4.78, 5) is 10.8. The Hall–Kier alpha value is -1.61. The highest BCUT2D eigenvalue weighted by atomic mass is 16.4. The van der Waals surface area contributed by atoms with Crippen LogP contribution in [0.4, 0.5) is 0 Å². The highest BCUT2D eigenvalue weighted by molar-refractivity contribution is 5.97. The second-order valence-corrected chi connectivity index (χ2v) is 2.57. The number of furan rings is 1. The molecule has 1 heterocycles. The molecule has 3 nitrogen and oxygen atoms in total. The maximum absolute atomic E-state index is 10.8. The summed E-state index contributed by atoms with van der Waals surface area (Å²) in [6, 6.07) is 6.66. The smallest absolute Gasteiger partial charge is 0.154 e. The summed E-state index contributed by atoms with van der Waals surface area (Å²) >= 11 is 0. The SMILES string of the molecule is [2H]C([2H])(O)c1oc2ccccc2c1C=O. The number of aliphatic hydroxyl groups is 1. The molecule has 0 fully saturated rings. The van der Waals surface area contributed by atoms with E-state index < -0.39 is 6.56 Å². The van der Waals surface area contributed by atoms with Gasteiger partial charge in [0.05, 0.1) is 8.30 Å². The first-order valence-electron chi connectivity index (χ1n) is 4.73. The number of hydrogen-bond donors (Lipinski definition) is 1. The van der Waals surface area contributed by atoms with E-state index in [0.717, 1.165) is 0 Å². The van der Waals surface area contributed by atoms with Crippen LogP contribution in [-0.2, 0) is 6.56 Å². The topological polar surface area (TPSA) is 50.4 Å². The molecule has 0 aliphatic heterocycles. The third-order valence-electron chi connectivity index (χ3n) is 1.85. The monoisotopic (exact) mass is 178 g/mol. The van der Waals surface area contributed by atoms with Crippen LogP contribution in [0.2, 0.25) is 0 Å². The molecule has 0 atom stereocenters. The molecular formula is C10H8O3. The molecule has 0 saturated heterocycles. The van der Waals surface area contributed by atoms with Gasteiger partial charge in [-0.25, -0.2) is 0 Å². The Morgan fingerprint density at radius 1 is 1.54 bits per heavy atom. The number of rotatable bonds is 2. The van der Waals surface area contributed by atoms with Gasteiger partial charge in [0.15, 0.2) is 6.29 Å². The second kappa shape index (κ2) is 3.03. The summed E-state index contributed by atoms with van der Waals surface area (Å²) < 4.78 is 19.3. The Kier molecular flexibility index (Phi) is 1.38. The number of benzene rings is 1. The van der Waals surface area contributed by atoms with Gasteiger partial charge in [-0.15, -0.1) is 0 Å². The molecule has 0 aliphatic carbocycles. The van der Waals surface area contributed by atoms with Gasteiger partial charge in [-0.05, 0) is 6.07 Å². The van der Waals surface area contributed by atoms with Crippen molar-refractivity contribution in [2.75, 3.05) is 0 Å². The molecule has 0 saturated carbocycles. The number of carbonyl (C=O) groups excluding carboxylic acids is 1. The van der Waals surface area contributed by atoms with Crippen molar-refractivity contribution in [2.45, 2.75) is 6.56 Å². The average Bonchev–Trinajstić information content (AvgIpc) is 2.55. The van der Waals surface area contributed by atoms with E-state index in [-0.39, 0.29) is 11.3 Å². The van der Waals surface area contributed by atoms with E-state index in [9.17, 15) is 9.90 Å². The van der Waals surface area contributed by atoms with E-state index in [1.54, 1.807) is 24.3 Å². The second-order valence-electron chi connectivity index (χ2n) is 2.57. The number of para-hydroxylation sites is 1. The van der Waals surface area contributed by atoms with Crippen LogP contribution in [0.5, 0.6) is 0 Å². The molecule has 13 heavy (non-hydrogen) atoms. The zero-order valence-electron chi connectivity index (χ0n) is 8.65. The molecule has 2 aromatic rings. The van der Waals surface area contributed by atoms with Gasteiger partial charge in [0.2, 0.25) is 0 Å². The van der Waals surface area contributed by atoms with Gasteiger partial charge >= 0.3 is 0 Å². The Balaban J connectivity index is 2.81. The number of hydrogen-bond acceptors (Lipinski definition) is 3. The first-order valence-corrected chi connectivity index (χ1v) is 3.73. The van der Waals surface area contributed by atoms with Crippen molar-refractivity contribution in [3.05, 3.63) is 35.6 Å². The van der Waals surface area contributed by atoms with E-state index in [4.69, 9.17) is 7.16 Å². The predicted octanol–water partition coefficient (Wildman–Crippen LogP) is 1.74. The minimum atomic E-state index is -2.64. The van der Waals surface area contributed by atoms with Crippen molar-refractivity contribution < 1.29 is 17.1 Å². The summed E-state index contributed by atoms with van der Waals surface area (Å²) in [7, 11) is 0. The van der Waals surface area contributed by atoms with Crippen molar-refractivity contribution in [1.82, 2.24) is 0 Å². The first-order chi connectivity index (χ1) is 7.04. The van der Waals surface area contributed by atoms with E-state index >= 15 is 0 Å². The molecule has 0 aliphatic rings. The Labute approximate surface area is 77.4 Å². The number of aldehydes is 1. The minimum absolute atomic E-state index is 0.0538. The van der Waals surface area contributed by atoms with Gasteiger partial charge in [0, 0.05) is 5.39 Å². The maximum atomic E-state index is 10.8. The summed E-state index contributed by atoms with van der Waals surface area (Å²) in [5, 5.41) is 9.68. The number of fused-ring (bicyclic) bond motifs is 1. The standard InChI is InChI=1S/C10H8O3/c11-5-8-7-3-1-2-4-9(7)13-10(8)6-12/h1-5,12H,6H2/i6D2. The van der Waals surface area contributed by atoms with Crippen LogP contribution in [0, 0.1) is 0 Å². The van der Waals surface area contributed by atoms with E-state index in [0.29, 0.717) is 17.3 Å². The molecule has 0 radical (unpaired) electrons. The van der Waals surface area contributed by atoms with Crippen LogP contribution < -0.4 is 0 Å². The Bertz CT molecular complexity index is 511. The zero-order chi connectivity index (χ0) is 11.1. The largest absolute Gasteiger partial charge is 0.458 e. The van der Waals surface area contributed by atoms with Crippen molar-refractivity contribution in [3.8, 4) is 0 Å². The van der Waals surface area contributed by atoms with Crippen LogP contribution in [0.1, 0.15) is 18.9 Å². The summed E-state index contributed by atoms with van der Waals surface area (Å²) in [6.45, 7) is -2.64. The van der Waals surface area contributed by atoms with Crippen LogP contribution in [-0.4, -0.2) is 11.4 Å². The molecule has 2 rings (SSSR count). The highest BCUT2D eigenvalue weighted by Gasteiger charge is 2.11. The van der Waals surface area contributed by atoms with Crippen LogP contribution >= 0.6 is 0 Å². The third-order valence-corrected chi connectivity index (χ3v) is 1.85. The van der Waals surface area contributed by atoms with E-state index in [1.807, 2.05) is 0 Å². The number of carbonyl (C=O) groups is 1. The molecule has 0 spiro atoms. The van der Waals surface area contributed by atoms with Gasteiger partial charge in [0.25, 0.3) is 0 Å². The van der Waals surface area contributed by atoms with Gasteiger partial charge in [-0.3, -0.25) is 4.79 Å². The zero-order valence-corrected chi connectivity index (χ0v) is 6.65. The molecule has 0 unspecified atom stereocenters. The molecule has 1 aromatic heterocycles. The fourth-order valence-electron chi connectivity index (χ4n) is 1.27. The lowest BCUT2D eigenvalue weighted by atomic mass is 10.1. The summed E-state index contributed by atoms with van der Waals surface area (Å²) in [5.74, 6) is -0.348. The normalized spacial score (nSPS) is 13.9. The van der Waals surface area contributed by atoms with Gasteiger partial charge in [-0.1, -0.05) is 18.2 Å². The molecule has 66 valence electrons. The molecule has 3 heteroatoms. The Morgan fingerprint density at radius 3 is 3.00 bits per heavy atom. The highest BCUT2D eigenvalue weighted by Crippen LogP contribution is 2.23. The van der Waals surface area contributed by atoms with Crippen LogP contribution in [0.15, 0.2) is 28.7 Å². The van der Waals surface area contributed by atoms with Crippen LogP contribution in [0.25, 0.3) is 11.0 Å². The average molecular weight is 178 g/mol. The maximum Gasteiger partial charge on any atom is 0.154 e. The first kappa shape index (κ1) is 5.94. The fourth-order valence-corrected chi connectivity index (χ4v) is 1.27. The molecule has 0 amide bonds. The molecule has 1 aromatic carbocycles. The Morgan fingerprint density at radius 2 is 2.31 bits per heavy atom. The molecule has 0 bridgehead atoms. The van der Waals surface area contributed by atoms with E-state index in [2.05, 4.69) is 0 Å². The van der Waals surface area contributed by atoms with Crippen molar-refractivity contribution in [3.63, 3.8) is 0 Å². The lowest BCUT2D eigenvalue weighted by molar-refractivity contribution is 0.111. The van der Waals surface area contributed by atoms with Crippen LogP contribution in [0.3, 0.4) is 0 Å². The van der Waals surface area contributed by atoms with Crippen molar-refractivity contribution in [1.29, 1.82) is 0 Å². The van der Waals surface area contributed by atoms with Gasteiger partial charge in [0.1, 0.15) is 17.9 Å². The van der Waals surface area contributed by atoms with Gasteiger partial charge < -0.3 is 9.52 Å². The summed E-state index contributed by atoms with van der Waals surface area (Å²) in [6.07, 6.45) is 0.481. The third kappa shape index (κ3) is 1.13. The fraction of sp³-hybridized carbons (Fsp3) is 0.100. The lowest BCUT2D eigenvalue weighted by Gasteiger charge is -1.87. The molecular weight excluding hydrogens is 168 g/mol. The van der Waals surface area contributed by atoms with Gasteiger partial charge in [-0.2, -0.15) is 0 Å². The molecule has 1 N–H and O–H groups in total. The lowest BCUT2D eigenvalue weighted by Crippen LogP contribution is -1.85. The quantitative estimate of drug-likeness (QED) is 0.712. The van der Waals surface area contributed by atoms with E-state index in [1.165, 1.54) is 0 Å². The van der Waals surface area contributed by atoms with Crippen molar-refractivity contribution >= 4 is 17.3 Å².